The molecule has 0 aromatic heterocycles. The van der Waals surface area contributed by atoms with Crippen molar-refractivity contribution in [3.63, 3.8) is 0 Å². The highest BCUT2D eigenvalue weighted by atomic mass is 16.2. The highest BCUT2D eigenvalue weighted by Crippen LogP contribution is 1.90. The van der Waals surface area contributed by atoms with E-state index >= 15 is 0 Å². The fourth-order valence-corrected chi connectivity index (χ4v) is 0.614. The molecule has 11 heavy (non-hydrogen) atoms. The van der Waals surface area contributed by atoms with E-state index in [1.165, 1.54) is 0 Å². The molecule has 0 atom stereocenters. The quantitative estimate of drug-likeness (QED) is 0.606. The van der Waals surface area contributed by atoms with Gasteiger partial charge in [0.25, 0.3) is 0 Å². The minimum Gasteiger partial charge on any atom is -0.352 e. The van der Waals surface area contributed by atoms with E-state index in [0.29, 0.717) is 12.6 Å². The van der Waals surface area contributed by atoms with Gasteiger partial charge >= 0.3 is 6.03 Å². The van der Waals surface area contributed by atoms with Crippen molar-refractivity contribution in [2.45, 2.75) is 19.9 Å². The van der Waals surface area contributed by atoms with Crippen LogP contribution >= 0.6 is 0 Å². The maximum Gasteiger partial charge on any atom is 0.312 e. The van der Waals surface area contributed by atoms with Gasteiger partial charge in [0.15, 0.2) is 0 Å². The molecule has 0 heterocycles. The molecule has 0 spiro atoms. The Morgan fingerprint density at radius 3 is 2.55 bits per heavy atom. The Morgan fingerprint density at radius 2 is 2.18 bits per heavy atom. The molecule has 0 saturated heterocycles. The highest BCUT2D eigenvalue weighted by Gasteiger charge is 2.01. The lowest BCUT2D eigenvalue weighted by Crippen LogP contribution is -2.38. The second-order valence-corrected chi connectivity index (χ2v) is 2.87. The van der Waals surface area contributed by atoms with E-state index in [1.54, 1.807) is 0 Å². The van der Waals surface area contributed by atoms with E-state index in [2.05, 4.69) is 24.1 Å². The zero-order valence-corrected chi connectivity index (χ0v) is 7.42. The Balaban J connectivity index is 3.31. The fraction of sp³-hybridized carbons (Fsp3) is 0.857. The molecule has 66 valence electrons. The SMILES string of the molecule is CC(C)N(C)CCNC(N)=O. The number of primary amides is 1. The number of hydrogen-bond acceptors (Lipinski definition) is 2. The van der Waals surface area contributed by atoms with Crippen LogP contribution in [0.3, 0.4) is 0 Å². The predicted octanol–water partition coefficient (Wildman–Crippen LogP) is -0.00510. The van der Waals surface area contributed by atoms with Crippen LogP contribution in [-0.2, 0) is 0 Å². The number of carbonyl (C=O) groups is 1. The Kier molecular flexibility index (Phi) is 4.61. The number of likely N-dealkylation sites (N-methyl/N-ethyl adjacent to an activating group) is 1. The third kappa shape index (κ3) is 5.66. The van der Waals surface area contributed by atoms with Crippen LogP contribution in [-0.4, -0.2) is 37.1 Å². The number of urea groups is 1. The number of carbonyl (C=O) groups excluding carboxylic acids is 1. The highest BCUT2D eigenvalue weighted by molar-refractivity contribution is 5.71. The maximum absolute atomic E-state index is 10.2. The third-order valence-corrected chi connectivity index (χ3v) is 1.65. The average Bonchev–Trinajstić information content (AvgIpc) is 1.86. The summed E-state index contributed by atoms with van der Waals surface area (Å²) in [6.07, 6.45) is 0. The van der Waals surface area contributed by atoms with Gasteiger partial charge in [-0.05, 0) is 20.9 Å². The normalized spacial score (nSPS) is 10.6. The minimum absolute atomic E-state index is 0.456. The Bertz CT molecular complexity index is 125. The van der Waals surface area contributed by atoms with E-state index in [-0.39, 0.29) is 0 Å². The average molecular weight is 159 g/mol. The van der Waals surface area contributed by atoms with E-state index < -0.39 is 6.03 Å². The number of rotatable bonds is 4. The Hall–Kier alpha value is -0.770. The number of nitrogens with two attached hydrogens (primary N) is 1. The molecule has 4 heteroatoms. The van der Waals surface area contributed by atoms with Gasteiger partial charge < -0.3 is 16.0 Å². The first-order valence-corrected chi connectivity index (χ1v) is 3.77. The van der Waals surface area contributed by atoms with Crippen LogP contribution in [0.15, 0.2) is 0 Å². The molecule has 0 aliphatic rings. The first-order chi connectivity index (χ1) is 5.04. The Labute approximate surface area is 67.7 Å². The number of nitrogens with zero attached hydrogens (tertiary/aromatic N) is 1. The van der Waals surface area contributed by atoms with Crippen molar-refractivity contribution < 1.29 is 4.79 Å². The van der Waals surface area contributed by atoms with Crippen molar-refractivity contribution in [2.24, 2.45) is 5.73 Å². The second kappa shape index (κ2) is 4.96. The van der Waals surface area contributed by atoms with Crippen molar-refractivity contribution in [3.8, 4) is 0 Å². The van der Waals surface area contributed by atoms with Crippen LogP contribution in [0.2, 0.25) is 0 Å². The smallest absolute Gasteiger partial charge is 0.312 e. The number of nitrogens with one attached hydrogen (secondary N) is 1. The molecule has 0 unspecified atom stereocenters. The first-order valence-electron chi connectivity index (χ1n) is 3.77. The number of hydrogen-bond donors (Lipinski definition) is 2. The zero-order valence-electron chi connectivity index (χ0n) is 7.42. The van der Waals surface area contributed by atoms with Crippen molar-refractivity contribution in [1.82, 2.24) is 10.2 Å². The van der Waals surface area contributed by atoms with Crippen LogP contribution < -0.4 is 11.1 Å². The maximum atomic E-state index is 10.2. The summed E-state index contributed by atoms with van der Waals surface area (Å²) >= 11 is 0. The van der Waals surface area contributed by atoms with Gasteiger partial charge in [-0.2, -0.15) is 0 Å². The standard InChI is InChI=1S/C7H17N3O/c1-6(2)10(3)5-4-9-7(8)11/h6H,4-5H2,1-3H3,(H3,8,9,11). The molecular formula is C7H17N3O. The summed E-state index contributed by atoms with van der Waals surface area (Å²) in [5.74, 6) is 0. The molecular weight excluding hydrogens is 142 g/mol. The molecule has 0 rings (SSSR count). The molecule has 0 radical (unpaired) electrons. The molecule has 0 aliphatic heterocycles. The zero-order chi connectivity index (χ0) is 8.85. The summed E-state index contributed by atoms with van der Waals surface area (Å²) in [6.45, 7) is 5.65. The summed E-state index contributed by atoms with van der Waals surface area (Å²) in [6, 6.07) is 0.0480. The Morgan fingerprint density at radius 1 is 1.64 bits per heavy atom. The van der Waals surface area contributed by atoms with Crippen LogP contribution in [0.1, 0.15) is 13.8 Å². The minimum atomic E-state index is -0.456. The molecule has 0 aliphatic carbocycles. The molecule has 0 aromatic carbocycles. The molecule has 0 fully saturated rings. The van der Waals surface area contributed by atoms with Crippen LogP contribution in [0.5, 0.6) is 0 Å². The van der Waals surface area contributed by atoms with E-state index in [9.17, 15) is 4.79 Å². The van der Waals surface area contributed by atoms with Crippen molar-refractivity contribution >= 4 is 6.03 Å². The molecule has 0 bridgehead atoms. The molecule has 3 N–H and O–H groups in total. The van der Waals surface area contributed by atoms with Crippen LogP contribution in [0, 0.1) is 0 Å². The summed E-state index contributed by atoms with van der Waals surface area (Å²) in [5, 5.41) is 2.53. The fourth-order valence-electron chi connectivity index (χ4n) is 0.614. The van der Waals surface area contributed by atoms with Gasteiger partial charge in [-0.15, -0.1) is 0 Å². The lowest BCUT2D eigenvalue weighted by molar-refractivity contribution is 0.241. The molecule has 2 amide bonds. The van der Waals surface area contributed by atoms with Gasteiger partial charge in [0.05, 0.1) is 0 Å². The van der Waals surface area contributed by atoms with E-state index in [0.717, 1.165) is 6.54 Å². The van der Waals surface area contributed by atoms with E-state index in [1.807, 2.05) is 7.05 Å². The second-order valence-electron chi connectivity index (χ2n) is 2.87. The van der Waals surface area contributed by atoms with Gasteiger partial charge in [-0.1, -0.05) is 0 Å². The van der Waals surface area contributed by atoms with Gasteiger partial charge in [0.1, 0.15) is 0 Å². The lowest BCUT2D eigenvalue weighted by atomic mass is 10.3. The third-order valence-electron chi connectivity index (χ3n) is 1.65. The topological polar surface area (TPSA) is 58.4 Å². The molecule has 4 nitrogen and oxygen atoms in total. The summed E-state index contributed by atoms with van der Waals surface area (Å²) in [5.41, 5.74) is 4.89. The van der Waals surface area contributed by atoms with Crippen LogP contribution in [0.4, 0.5) is 4.79 Å². The van der Waals surface area contributed by atoms with Gasteiger partial charge in [0, 0.05) is 19.1 Å². The van der Waals surface area contributed by atoms with Crippen molar-refractivity contribution in [3.05, 3.63) is 0 Å². The summed E-state index contributed by atoms with van der Waals surface area (Å²) in [7, 11) is 2.01. The first kappa shape index (κ1) is 10.2. The van der Waals surface area contributed by atoms with Gasteiger partial charge in [0.2, 0.25) is 0 Å². The summed E-state index contributed by atoms with van der Waals surface area (Å²) in [4.78, 5) is 12.4. The largest absolute Gasteiger partial charge is 0.352 e. The molecule has 0 aromatic rings. The van der Waals surface area contributed by atoms with Gasteiger partial charge in [-0.25, -0.2) is 4.79 Å². The van der Waals surface area contributed by atoms with Crippen molar-refractivity contribution in [2.75, 3.05) is 20.1 Å². The van der Waals surface area contributed by atoms with Crippen molar-refractivity contribution in [1.29, 1.82) is 0 Å². The summed E-state index contributed by atoms with van der Waals surface area (Å²) < 4.78 is 0. The lowest BCUT2D eigenvalue weighted by Gasteiger charge is -2.20. The van der Waals surface area contributed by atoms with Crippen LogP contribution in [0.25, 0.3) is 0 Å². The van der Waals surface area contributed by atoms with Gasteiger partial charge in [-0.3, -0.25) is 0 Å². The predicted molar refractivity (Wildman–Crippen MR) is 45.4 cm³/mol. The van der Waals surface area contributed by atoms with E-state index in [4.69, 9.17) is 5.73 Å². The monoisotopic (exact) mass is 159 g/mol. The number of amides is 2. The molecule has 0 saturated carbocycles.